The van der Waals surface area contributed by atoms with E-state index in [1.807, 2.05) is 56.3 Å². The molecule has 0 aliphatic rings. The lowest BCUT2D eigenvalue weighted by molar-refractivity contribution is 0.0936. The molecule has 2 aromatic carbocycles. The molecule has 0 saturated carbocycles. The first-order valence-corrected chi connectivity index (χ1v) is 9.25. The molecule has 0 saturated heterocycles. The Morgan fingerprint density at radius 1 is 1.21 bits per heavy atom. The molecule has 0 fully saturated rings. The van der Waals surface area contributed by atoms with Crippen molar-refractivity contribution in [2.45, 2.75) is 33.2 Å². The van der Waals surface area contributed by atoms with Crippen LogP contribution in [0.15, 0.2) is 47.3 Å². The van der Waals surface area contributed by atoms with Crippen LogP contribution in [0.1, 0.15) is 47.1 Å². The Bertz CT molecular complexity index is 1240. The van der Waals surface area contributed by atoms with Gasteiger partial charge in [-0.05, 0) is 49.1 Å². The first kappa shape index (κ1) is 17.9. The van der Waals surface area contributed by atoms with Crippen molar-refractivity contribution in [3.05, 3.63) is 75.2 Å². The number of hydrogen-bond donors (Lipinski definition) is 2. The van der Waals surface area contributed by atoms with Gasteiger partial charge >= 0.3 is 0 Å². The van der Waals surface area contributed by atoms with Gasteiger partial charge in [0, 0.05) is 0 Å². The molecule has 28 heavy (non-hydrogen) atoms. The van der Waals surface area contributed by atoms with Gasteiger partial charge in [-0.2, -0.15) is 0 Å². The van der Waals surface area contributed by atoms with Crippen molar-refractivity contribution in [3.63, 3.8) is 0 Å². The lowest BCUT2D eigenvalue weighted by Crippen LogP contribution is -2.28. The van der Waals surface area contributed by atoms with E-state index in [0.717, 1.165) is 17.5 Å². The van der Waals surface area contributed by atoms with Gasteiger partial charge in [-0.25, -0.2) is 4.52 Å². The summed E-state index contributed by atoms with van der Waals surface area (Å²) >= 11 is 0. The van der Waals surface area contributed by atoms with Crippen molar-refractivity contribution in [1.29, 1.82) is 0 Å². The van der Waals surface area contributed by atoms with Gasteiger partial charge in [-0.1, -0.05) is 42.5 Å². The molecule has 142 valence electrons. The quantitative estimate of drug-likeness (QED) is 0.574. The molecule has 1 atom stereocenters. The van der Waals surface area contributed by atoms with Gasteiger partial charge in [0.2, 0.25) is 0 Å². The molecule has 0 radical (unpaired) electrons. The molecule has 4 aromatic rings. The molecule has 0 aliphatic carbocycles. The number of aryl methyl sites for hydroxylation is 2. The topological polar surface area (TPSA) is 92.2 Å². The van der Waals surface area contributed by atoms with Crippen LogP contribution in [-0.4, -0.2) is 25.7 Å². The van der Waals surface area contributed by atoms with E-state index in [9.17, 15) is 9.59 Å². The Hall–Kier alpha value is -3.48. The molecule has 2 N–H and O–H groups in total. The van der Waals surface area contributed by atoms with Crippen LogP contribution in [0, 0.1) is 6.92 Å². The highest BCUT2D eigenvalue weighted by molar-refractivity contribution is 5.99. The molecule has 1 amide bonds. The number of carbonyl (C=O) groups is 1. The summed E-state index contributed by atoms with van der Waals surface area (Å²) in [5, 5.41) is 10.9. The number of H-pyrrole nitrogens is 1. The SMILES string of the molecule is CCc1ccc([C@H](C)NC(=O)c2nnn3c2c(=O)[nH]c2cc(C)ccc23)cc1. The Morgan fingerprint density at radius 3 is 2.68 bits per heavy atom. The summed E-state index contributed by atoms with van der Waals surface area (Å²) in [6.07, 6.45) is 0.962. The maximum absolute atomic E-state index is 12.8. The van der Waals surface area contributed by atoms with Crippen molar-refractivity contribution in [2.24, 2.45) is 0 Å². The minimum Gasteiger partial charge on any atom is -0.344 e. The van der Waals surface area contributed by atoms with Gasteiger partial charge in [-0.15, -0.1) is 5.10 Å². The summed E-state index contributed by atoms with van der Waals surface area (Å²) in [6, 6.07) is 13.5. The van der Waals surface area contributed by atoms with Crippen LogP contribution in [0.4, 0.5) is 0 Å². The van der Waals surface area contributed by atoms with Crippen molar-refractivity contribution in [2.75, 3.05) is 0 Å². The zero-order chi connectivity index (χ0) is 19.8. The average Bonchev–Trinajstić information content (AvgIpc) is 3.14. The third-order valence-corrected chi connectivity index (χ3v) is 4.96. The van der Waals surface area contributed by atoms with Crippen LogP contribution in [-0.2, 0) is 6.42 Å². The third-order valence-electron chi connectivity index (χ3n) is 4.96. The second-order valence-electron chi connectivity index (χ2n) is 6.96. The number of nitrogens with zero attached hydrogens (tertiary/aromatic N) is 3. The monoisotopic (exact) mass is 375 g/mol. The normalized spacial score (nSPS) is 12.4. The molecule has 2 heterocycles. The fourth-order valence-electron chi connectivity index (χ4n) is 3.31. The fourth-order valence-corrected chi connectivity index (χ4v) is 3.31. The largest absolute Gasteiger partial charge is 0.344 e. The summed E-state index contributed by atoms with van der Waals surface area (Å²) < 4.78 is 1.42. The Kier molecular flexibility index (Phi) is 4.43. The van der Waals surface area contributed by atoms with Crippen LogP contribution >= 0.6 is 0 Å². The van der Waals surface area contributed by atoms with Crippen molar-refractivity contribution in [3.8, 4) is 0 Å². The second kappa shape index (κ2) is 6.92. The number of carbonyl (C=O) groups excluding carboxylic acids is 1. The van der Waals surface area contributed by atoms with Crippen LogP contribution in [0.3, 0.4) is 0 Å². The van der Waals surface area contributed by atoms with Crippen LogP contribution in [0.5, 0.6) is 0 Å². The predicted octanol–water partition coefficient (Wildman–Crippen LogP) is 2.93. The van der Waals surface area contributed by atoms with Gasteiger partial charge in [0.15, 0.2) is 11.2 Å². The van der Waals surface area contributed by atoms with Crippen LogP contribution in [0.25, 0.3) is 16.6 Å². The van der Waals surface area contributed by atoms with Gasteiger partial charge in [0.1, 0.15) is 0 Å². The number of rotatable bonds is 4. The molecule has 4 rings (SSSR count). The number of fused-ring (bicyclic) bond motifs is 3. The van der Waals surface area contributed by atoms with E-state index in [1.54, 1.807) is 0 Å². The highest BCUT2D eigenvalue weighted by atomic mass is 16.2. The van der Waals surface area contributed by atoms with E-state index >= 15 is 0 Å². The first-order chi connectivity index (χ1) is 13.5. The highest BCUT2D eigenvalue weighted by Gasteiger charge is 2.21. The summed E-state index contributed by atoms with van der Waals surface area (Å²) in [4.78, 5) is 28.2. The number of aromatic nitrogens is 4. The Labute approximate surface area is 161 Å². The minimum atomic E-state index is -0.431. The van der Waals surface area contributed by atoms with E-state index in [1.165, 1.54) is 10.1 Å². The molecule has 2 aromatic heterocycles. The summed E-state index contributed by atoms with van der Waals surface area (Å²) in [6.45, 7) is 5.93. The van der Waals surface area contributed by atoms with Crippen molar-refractivity contribution < 1.29 is 4.79 Å². The number of benzene rings is 2. The molecule has 7 nitrogen and oxygen atoms in total. The van der Waals surface area contributed by atoms with Gasteiger partial charge in [0.05, 0.1) is 17.1 Å². The molecule has 0 unspecified atom stereocenters. The first-order valence-electron chi connectivity index (χ1n) is 9.25. The third kappa shape index (κ3) is 3.05. The van der Waals surface area contributed by atoms with E-state index in [4.69, 9.17) is 0 Å². The van der Waals surface area contributed by atoms with E-state index < -0.39 is 11.5 Å². The average molecular weight is 375 g/mol. The Balaban J connectivity index is 1.69. The zero-order valence-corrected chi connectivity index (χ0v) is 16.0. The van der Waals surface area contributed by atoms with Gasteiger partial charge < -0.3 is 10.3 Å². The number of aromatic amines is 1. The summed E-state index contributed by atoms with van der Waals surface area (Å²) in [7, 11) is 0. The van der Waals surface area contributed by atoms with E-state index in [0.29, 0.717) is 11.0 Å². The smallest absolute Gasteiger partial charge is 0.277 e. The molecular weight excluding hydrogens is 354 g/mol. The highest BCUT2D eigenvalue weighted by Crippen LogP contribution is 2.17. The number of amides is 1. The van der Waals surface area contributed by atoms with Gasteiger partial charge in [0.25, 0.3) is 11.5 Å². The van der Waals surface area contributed by atoms with Crippen molar-refractivity contribution >= 4 is 22.5 Å². The standard InChI is InChI=1S/C21H21N5O2/c1-4-14-6-8-15(9-7-14)13(3)22-20(27)18-19-21(28)23-16-11-12(2)5-10-17(16)26(19)25-24-18/h5-11,13H,4H2,1-3H3,(H,22,27)(H,23,28)/t13-/m0/s1. The number of nitrogens with one attached hydrogen (secondary N) is 2. The fraction of sp³-hybridized carbons (Fsp3) is 0.238. The van der Waals surface area contributed by atoms with Crippen molar-refractivity contribution in [1.82, 2.24) is 25.1 Å². The molecule has 0 spiro atoms. The maximum atomic E-state index is 12.8. The lowest BCUT2D eigenvalue weighted by atomic mass is 10.0. The summed E-state index contributed by atoms with van der Waals surface area (Å²) in [5.74, 6) is -0.431. The molecule has 0 bridgehead atoms. The predicted molar refractivity (Wildman–Crippen MR) is 108 cm³/mol. The molecule has 0 aliphatic heterocycles. The lowest BCUT2D eigenvalue weighted by Gasteiger charge is -2.14. The zero-order valence-electron chi connectivity index (χ0n) is 16.0. The Morgan fingerprint density at radius 2 is 1.96 bits per heavy atom. The van der Waals surface area contributed by atoms with Crippen LogP contribution in [0.2, 0.25) is 0 Å². The molecule has 7 heteroatoms. The minimum absolute atomic E-state index is 0.0146. The molecular formula is C21H21N5O2. The number of hydrogen-bond acceptors (Lipinski definition) is 4. The van der Waals surface area contributed by atoms with Crippen LogP contribution < -0.4 is 10.9 Å². The summed E-state index contributed by atoms with van der Waals surface area (Å²) in [5.41, 5.74) is 4.34. The second-order valence-corrected chi connectivity index (χ2v) is 6.96. The maximum Gasteiger partial charge on any atom is 0.277 e. The van der Waals surface area contributed by atoms with E-state index in [2.05, 4.69) is 27.5 Å². The van der Waals surface area contributed by atoms with E-state index in [-0.39, 0.29) is 17.3 Å². The van der Waals surface area contributed by atoms with Gasteiger partial charge in [-0.3, -0.25) is 9.59 Å².